The summed E-state index contributed by atoms with van der Waals surface area (Å²) >= 11 is 1.97. The molecule has 1 atom stereocenters. The van der Waals surface area contributed by atoms with E-state index in [1.54, 1.807) is 0 Å². The van der Waals surface area contributed by atoms with E-state index in [0.717, 1.165) is 32.7 Å². The molecule has 1 N–H and O–H groups in total. The van der Waals surface area contributed by atoms with Gasteiger partial charge in [0.15, 0.2) is 0 Å². The number of hydrogen-bond acceptors (Lipinski definition) is 3. The highest BCUT2D eigenvalue weighted by Gasteiger charge is 2.34. The maximum Gasteiger partial charge on any atom is 0.0538 e. The van der Waals surface area contributed by atoms with Gasteiger partial charge in [-0.15, -0.1) is 11.3 Å². The molecule has 1 fully saturated rings. The standard InChI is InChI=1S/C14H23NOS/c1-3-12-5-6-13(17-12)9-14(10-15-4-2)7-8-16-11-14/h5-6,15H,3-4,7-11H2,1-2H3. The van der Waals surface area contributed by atoms with Crippen molar-refractivity contribution in [2.45, 2.75) is 33.1 Å². The summed E-state index contributed by atoms with van der Waals surface area (Å²) in [6, 6.07) is 4.58. The fourth-order valence-corrected chi connectivity index (χ4v) is 3.59. The zero-order valence-electron chi connectivity index (χ0n) is 10.9. The number of rotatable bonds is 6. The molecular weight excluding hydrogens is 230 g/mol. The van der Waals surface area contributed by atoms with Crippen LogP contribution in [0.25, 0.3) is 0 Å². The predicted molar refractivity (Wildman–Crippen MR) is 73.8 cm³/mol. The first-order chi connectivity index (χ1) is 8.28. The number of nitrogens with one attached hydrogen (secondary N) is 1. The predicted octanol–water partition coefficient (Wildman–Crippen LogP) is 2.87. The van der Waals surface area contributed by atoms with E-state index in [1.165, 1.54) is 22.6 Å². The normalized spacial score (nSPS) is 24.4. The zero-order valence-corrected chi connectivity index (χ0v) is 11.7. The van der Waals surface area contributed by atoms with Crippen LogP contribution in [-0.4, -0.2) is 26.3 Å². The lowest BCUT2D eigenvalue weighted by Crippen LogP contribution is -2.36. The molecule has 0 radical (unpaired) electrons. The van der Waals surface area contributed by atoms with Gasteiger partial charge in [0.2, 0.25) is 0 Å². The molecule has 0 aromatic carbocycles. The fraction of sp³-hybridized carbons (Fsp3) is 0.714. The van der Waals surface area contributed by atoms with Gasteiger partial charge >= 0.3 is 0 Å². The van der Waals surface area contributed by atoms with Crippen molar-refractivity contribution in [1.29, 1.82) is 0 Å². The highest BCUT2D eigenvalue weighted by Crippen LogP contribution is 2.34. The summed E-state index contributed by atoms with van der Waals surface area (Å²) < 4.78 is 5.63. The van der Waals surface area contributed by atoms with Crippen molar-refractivity contribution in [2.24, 2.45) is 5.41 Å². The van der Waals surface area contributed by atoms with Crippen LogP contribution < -0.4 is 5.32 Å². The minimum Gasteiger partial charge on any atom is -0.381 e. The van der Waals surface area contributed by atoms with Crippen LogP contribution in [0.15, 0.2) is 12.1 Å². The molecule has 0 amide bonds. The van der Waals surface area contributed by atoms with Gasteiger partial charge < -0.3 is 10.1 Å². The third-order valence-corrected chi connectivity index (χ3v) is 4.78. The Hall–Kier alpha value is -0.380. The van der Waals surface area contributed by atoms with E-state index in [-0.39, 0.29) is 0 Å². The van der Waals surface area contributed by atoms with Crippen molar-refractivity contribution < 1.29 is 4.74 Å². The Morgan fingerprint density at radius 2 is 2.18 bits per heavy atom. The molecule has 2 heterocycles. The second kappa shape index (κ2) is 5.98. The maximum atomic E-state index is 5.63. The molecule has 17 heavy (non-hydrogen) atoms. The Bertz CT molecular complexity index is 342. The Kier molecular flexibility index (Phi) is 4.60. The number of ether oxygens (including phenoxy) is 1. The summed E-state index contributed by atoms with van der Waals surface area (Å²) in [6.45, 7) is 8.37. The van der Waals surface area contributed by atoms with Gasteiger partial charge in [-0.05, 0) is 37.9 Å². The van der Waals surface area contributed by atoms with E-state index in [2.05, 4.69) is 31.3 Å². The highest BCUT2D eigenvalue weighted by atomic mass is 32.1. The van der Waals surface area contributed by atoms with Crippen LogP contribution in [0.1, 0.15) is 30.0 Å². The molecule has 1 aliphatic heterocycles. The van der Waals surface area contributed by atoms with E-state index in [0.29, 0.717) is 5.41 Å². The van der Waals surface area contributed by atoms with E-state index >= 15 is 0 Å². The Morgan fingerprint density at radius 1 is 1.35 bits per heavy atom. The first kappa shape index (κ1) is 13.1. The summed E-state index contributed by atoms with van der Waals surface area (Å²) in [5.41, 5.74) is 0.339. The lowest BCUT2D eigenvalue weighted by Gasteiger charge is -2.27. The van der Waals surface area contributed by atoms with Crippen LogP contribution in [0.4, 0.5) is 0 Å². The summed E-state index contributed by atoms with van der Waals surface area (Å²) in [7, 11) is 0. The largest absolute Gasteiger partial charge is 0.381 e. The van der Waals surface area contributed by atoms with E-state index in [4.69, 9.17) is 4.74 Å². The minimum absolute atomic E-state index is 0.339. The lowest BCUT2D eigenvalue weighted by atomic mass is 9.83. The first-order valence-corrected chi connectivity index (χ1v) is 7.46. The topological polar surface area (TPSA) is 21.3 Å². The van der Waals surface area contributed by atoms with Crippen LogP contribution in [0.2, 0.25) is 0 Å². The van der Waals surface area contributed by atoms with Gasteiger partial charge in [-0.3, -0.25) is 0 Å². The molecular formula is C14H23NOS. The average molecular weight is 253 g/mol. The van der Waals surface area contributed by atoms with Crippen molar-refractivity contribution in [2.75, 3.05) is 26.3 Å². The quantitative estimate of drug-likeness (QED) is 0.842. The Labute approximate surface area is 108 Å². The average Bonchev–Trinajstić information content (AvgIpc) is 2.97. The third-order valence-electron chi connectivity index (χ3n) is 3.55. The highest BCUT2D eigenvalue weighted by molar-refractivity contribution is 7.11. The molecule has 1 aromatic rings. The second-order valence-electron chi connectivity index (χ2n) is 4.98. The van der Waals surface area contributed by atoms with Crippen molar-refractivity contribution in [3.63, 3.8) is 0 Å². The summed E-state index contributed by atoms with van der Waals surface area (Å²) in [5, 5.41) is 3.50. The Balaban J connectivity index is 2.01. The maximum absolute atomic E-state index is 5.63. The van der Waals surface area contributed by atoms with Crippen LogP contribution in [-0.2, 0) is 17.6 Å². The summed E-state index contributed by atoms with van der Waals surface area (Å²) in [4.78, 5) is 3.02. The molecule has 2 rings (SSSR count). The van der Waals surface area contributed by atoms with Gasteiger partial charge in [0.25, 0.3) is 0 Å². The number of hydrogen-bond donors (Lipinski definition) is 1. The molecule has 2 nitrogen and oxygen atoms in total. The van der Waals surface area contributed by atoms with E-state index in [9.17, 15) is 0 Å². The molecule has 0 spiro atoms. The second-order valence-corrected chi connectivity index (χ2v) is 6.23. The monoisotopic (exact) mass is 253 g/mol. The SMILES string of the molecule is CCNCC1(Cc2ccc(CC)s2)CCOC1. The van der Waals surface area contributed by atoms with Gasteiger partial charge in [-0.1, -0.05) is 13.8 Å². The molecule has 1 saturated heterocycles. The number of thiophene rings is 1. The zero-order chi connectivity index (χ0) is 12.1. The van der Waals surface area contributed by atoms with Gasteiger partial charge in [-0.25, -0.2) is 0 Å². The third kappa shape index (κ3) is 3.30. The van der Waals surface area contributed by atoms with Gasteiger partial charge in [0, 0.05) is 28.3 Å². The molecule has 1 aliphatic rings. The van der Waals surface area contributed by atoms with Crippen LogP contribution in [0.3, 0.4) is 0 Å². The minimum atomic E-state index is 0.339. The first-order valence-electron chi connectivity index (χ1n) is 6.64. The smallest absolute Gasteiger partial charge is 0.0538 e. The van der Waals surface area contributed by atoms with Crippen LogP contribution >= 0.6 is 11.3 Å². The molecule has 3 heteroatoms. The van der Waals surface area contributed by atoms with Gasteiger partial charge in [0.05, 0.1) is 6.61 Å². The molecule has 1 aromatic heterocycles. The molecule has 0 saturated carbocycles. The van der Waals surface area contributed by atoms with Crippen molar-refractivity contribution >= 4 is 11.3 Å². The lowest BCUT2D eigenvalue weighted by molar-refractivity contribution is 0.150. The molecule has 0 aliphatic carbocycles. The van der Waals surface area contributed by atoms with Crippen molar-refractivity contribution in [3.05, 3.63) is 21.9 Å². The van der Waals surface area contributed by atoms with Gasteiger partial charge in [0.1, 0.15) is 0 Å². The number of aryl methyl sites for hydroxylation is 1. The van der Waals surface area contributed by atoms with E-state index < -0.39 is 0 Å². The van der Waals surface area contributed by atoms with Crippen LogP contribution in [0, 0.1) is 5.41 Å². The van der Waals surface area contributed by atoms with Crippen molar-refractivity contribution in [3.8, 4) is 0 Å². The van der Waals surface area contributed by atoms with E-state index in [1.807, 2.05) is 11.3 Å². The molecule has 1 unspecified atom stereocenters. The molecule has 96 valence electrons. The molecule has 0 bridgehead atoms. The Morgan fingerprint density at radius 3 is 2.76 bits per heavy atom. The van der Waals surface area contributed by atoms with Gasteiger partial charge in [-0.2, -0.15) is 0 Å². The van der Waals surface area contributed by atoms with Crippen molar-refractivity contribution in [1.82, 2.24) is 5.32 Å². The fourth-order valence-electron chi connectivity index (χ4n) is 2.46. The summed E-state index contributed by atoms with van der Waals surface area (Å²) in [6.07, 6.45) is 3.52. The summed E-state index contributed by atoms with van der Waals surface area (Å²) in [5.74, 6) is 0. The van der Waals surface area contributed by atoms with Crippen LogP contribution in [0.5, 0.6) is 0 Å².